The molecule has 2 heterocycles. The van der Waals surface area contributed by atoms with Crippen molar-refractivity contribution in [1.29, 1.82) is 0 Å². The number of nitrogens with zero attached hydrogens (tertiary/aromatic N) is 2. The van der Waals surface area contributed by atoms with Gasteiger partial charge in [0.15, 0.2) is 0 Å². The van der Waals surface area contributed by atoms with Gasteiger partial charge in [0.25, 0.3) is 5.91 Å². The van der Waals surface area contributed by atoms with E-state index in [-0.39, 0.29) is 23.6 Å². The largest absolute Gasteiger partial charge is 0.369 e. The maximum atomic E-state index is 12.9. The number of piperidine rings is 2. The Labute approximate surface area is 195 Å². The molecule has 4 rings (SSSR count). The van der Waals surface area contributed by atoms with E-state index >= 15 is 0 Å². The predicted molar refractivity (Wildman–Crippen MR) is 128 cm³/mol. The Morgan fingerprint density at radius 3 is 2.27 bits per heavy atom. The highest BCUT2D eigenvalue weighted by atomic mass is 16.2. The van der Waals surface area contributed by atoms with Crippen LogP contribution in [0.1, 0.15) is 60.0 Å². The first kappa shape index (κ1) is 23.0. The highest BCUT2D eigenvalue weighted by Gasteiger charge is 2.42. The second-order valence-corrected chi connectivity index (χ2v) is 9.48. The number of amides is 3. The van der Waals surface area contributed by atoms with Gasteiger partial charge >= 0.3 is 0 Å². The average Bonchev–Trinajstić information content (AvgIpc) is 2.85. The van der Waals surface area contributed by atoms with Crippen molar-refractivity contribution >= 4 is 17.7 Å². The van der Waals surface area contributed by atoms with Crippen molar-refractivity contribution in [2.45, 2.75) is 44.9 Å². The van der Waals surface area contributed by atoms with Crippen LogP contribution in [0.25, 0.3) is 0 Å². The highest BCUT2D eigenvalue weighted by Crippen LogP contribution is 2.38. The molecule has 2 saturated heterocycles. The first-order valence-electron chi connectivity index (χ1n) is 11.9. The van der Waals surface area contributed by atoms with Gasteiger partial charge in [-0.15, -0.1) is 0 Å². The second-order valence-electron chi connectivity index (χ2n) is 9.48. The van der Waals surface area contributed by atoms with Crippen molar-refractivity contribution in [1.82, 2.24) is 9.80 Å². The number of likely N-dealkylation sites (tertiary alicyclic amines) is 2. The molecule has 33 heavy (non-hydrogen) atoms. The molecule has 174 valence electrons. The molecule has 2 aromatic rings. The van der Waals surface area contributed by atoms with Crippen LogP contribution in [0.3, 0.4) is 0 Å². The summed E-state index contributed by atoms with van der Waals surface area (Å²) in [5.74, 6) is 0.0866. The van der Waals surface area contributed by atoms with Crippen molar-refractivity contribution < 1.29 is 14.4 Å². The molecule has 2 N–H and O–H groups in total. The molecule has 0 bridgehead atoms. The van der Waals surface area contributed by atoms with Crippen molar-refractivity contribution in [3.63, 3.8) is 0 Å². The lowest BCUT2D eigenvalue weighted by Crippen LogP contribution is -2.50. The normalized spacial score (nSPS) is 20.3. The van der Waals surface area contributed by atoms with Gasteiger partial charge < -0.3 is 15.5 Å². The summed E-state index contributed by atoms with van der Waals surface area (Å²) in [7, 11) is 0. The fourth-order valence-corrected chi connectivity index (χ4v) is 5.39. The SMILES string of the molecule is CC(=O)N1CCC[C@@H](c2ccccc2CC2(C(N)=O)CCN(C(=O)c3ccccc3)CC2)C1. The first-order chi connectivity index (χ1) is 15.9. The lowest BCUT2D eigenvalue weighted by molar-refractivity contribution is -0.130. The van der Waals surface area contributed by atoms with Crippen molar-refractivity contribution in [3.05, 3.63) is 71.3 Å². The van der Waals surface area contributed by atoms with Crippen LogP contribution >= 0.6 is 0 Å². The van der Waals surface area contributed by atoms with Crippen LogP contribution in [0.15, 0.2) is 54.6 Å². The Morgan fingerprint density at radius 1 is 0.939 bits per heavy atom. The van der Waals surface area contributed by atoms with E-state index in [4.69, 9.17) is 5.73 Å². The number of hydrogen-bond donors (Lipinski definition) is 1. The molecular weight excluding hydrogens is 414 g/mol. The maximum absolute atomic E-state index is 12.9. The minimum Gasteiger partial charge on any atom is -0.369 e. The summed E-state index contributed by atoms with van der Waals surface area (Å²) >= 11 is 0. The smallest absolute Gasteiger partial charge is 0.253 e. The topological polar surface area (TPSA) is 83.7 Å². The van der Waals surface area contributed by atoms with Crippen LogP contribution in [0.5, 0.6) is 0 Å². The summed E-state index contributed by atoms with van der Waals surface area (Å²) < 4.78 is 0. The molecule has 0 spiro atoms. The molecule has 2 aliphatic heterocycles. The molecule has 2 aliphatic rings. The van der Waals surface area contributed by atoms with Gasteiger partial charge in [0.05, 0.1) is 5.41 Å². The van der Waals surface area contributed by atoms with E-state index in [2.05, 4.69) is 12.1 Å². The van der Waals surface area contributed by atoms with Crippen LogP contribution in [-0.4, -0.2) is 53.7 Å². The third-order valence-corrected chi connectivity index (χ3v) is 7.44. The monoisotopic (exact) mass is 447 g/mol. The number of carbonyl (C=O) groups excluding carboxylic acids is 3. The quantitative estimate of drug-likeness (QED) is 0.763. The molecule has 1 atom stereocenters. The number of primary amides is 1. The van der Waals surface area contributed by atoms with E-state index in [1.165, 1.54) is 5.56 Å². The minimum atomic E-state index is -0.668. The fraction of sp³-hybridized carbons (Fsp3) is 0.444. The number of nitrogens with two attached hydrogens (primary N) is 1. The molecule has 6 heteroatoms. The Hall–Kier alpha value is -3.15. The first-order valence-corrected chi connectivity index (χ1v) is 11.9. The van der Waals surface area contributed by atoms with E-state index in [0.717, 1.165) is 31.5 Å². The molecule has 0 radical (unpaired) electrons. The fourth-order valence-electron chi connectivity index (χ4n) is 5.39. The number of benzene rings is 2. The van der Waals surface area contributed by atoms with Gasteiger partial charge in [0.1, 0.15) is 0 Å². The van der Waals surface area contributed by atoms with Crippen molar-refractivity contribution in [3.8, 4) is 0 Å². The van der Waals surface area contributed by atoms with Crippen LogP contribution < -0.4 is 5.73 Å². The van der Waals surface area contributed by atoms with Crippen LogP contribution in [0, 0.1) is 5.41 Å². The summed E-state index contributed by atoms with van der Waals surface area (Å²) in [5.41, 5.74) is 8.33. The molecule has 0 aliphatic carbocycles. The highest BCUT2D eigenvalue weighted by molar-refractivity contribution is 5.94. The third-order valence-electron chi connectivity index (χ3n) is 7.44. The van der Waals surface area contributed by atoms with Gasteiger partial charge in [0.2, 0.25) is 11.8 Å². The average molecular weight is 448 g/mol. The van der Waals surface area contributed by atoms with Gasteiger partial charge in [-0.25, -0.2) is 0 Å². The van der Waals surface area contributed by atoms with E-state index in [1.54, 1.807) is 6.92 Å². The molecule has 0 saturated carbocycles. The second kappa shape index (κ2) is 9.77. The molecule has 3 amide bonds. The predicted octanol–water partition coefficient (Wildman–Crippen LogP) is 3.36. The molecule has 6 nitrogen and oxygen atoms in total. The van der Waals surface area contributed by atoms with Gasteiger partial charge in [0, 0.05) is 44.6 Å². The summed E-state index contributed by atoms with van der Waals surface area (Å²) in [6, 6.07) is 17.5. The molecule has 0 unspecified atom stereocenters. The molecular formula is C27H33N3O3. The number of carbonyl (C=O) groups is 3. The Morgan fingerprint density at radius 2 is 1.61 bits per heavy atom. The summed E-state index contributed by atoms with van der Waals surface area (Å²) in [6.45, 7) is 4.18. The third kappa shape index (κ3) is 4.95. The lowest BCUT2D eigenvalue weighted by atomic mass is 9.71. The maximum Gasteiger partial charge on any atom is 0.253 e. The molecule has 2 aromatic carbocycles. The van der Waals surface area contributed by atoms with E-state index in [1.807, 2.05) is 52.3 Å². The van der Waals surface area contributed by atoms with Crippen molar-refractivity contribution in [2.24, 2.45) is 11.1 Å². The summed E-state index contributed by atoms with van der Waals surface area (Å²) in [4.78, 5) is 41.3. The van der Waals surface area contributed by atoms with Crippen LogP contribution in [-0.2, 0) is 16.0 Å². The Kier molecular flexibility index (Phi) is 6.82. The van der Waals surface area contributed by atoms with E-state index in [9.17, 15) is 14.4 Å². The van der Waals surface area contributed by atoms with Gasteiger partial charge in [-0.05, 0) is 55.4 Å². The van der Waals surface area contributed by atoms with Gasteiger partial charge in [-0.3, -0.25) is 14.4 Å². The molecule has 0 aromatic heterocycles. The summed E-state index contributed by atoms with van der Waals surface area (Å²) in [5, 5.41) is 0. The molecule has 2 fully saturated rings. The van der Waals surface area contributed by atoms with E-state index in [0.29, 0.717) is 37.9 Å². The standard InChI is InChI=1S/C27H33N3O3/c1-20(31)30-15-7-11-23(19-30)24-12-6-5-10-22(24)18-27(26(28)33)13-16-29(17-14-27)25(32)21-8-3-2-4-9-21/h2-6,8-10,12,23H,7,11,13-19H2,1H3,(H2,28,33)/t23-/m1/s1. The number of hydrogen-bond acceptors (Lipinski definition) is 3. The minimum absolute atomic E-state index is 0.000556. The van der Waals surface area contributed by atoms with Gasteiger partial charge in [-0.1, -0.05) is 42.5 Å². The van der Waals surface area contributed by atoms with Crippen LogP contribution in [0.4, 0.5) is 0 Å². The lowest BCUT2D eigenvalue weighted by Gasteiger charge is -2.41. The van der Waals surface area contributed by atoms with Gasteiger partial charge in [-0.2, -0.15) is 0 Å². The van der Waals surface area contributed by atoms with Crippen LogP contribution in [0.2, 0.25) is 0 Å². The van der Waals surface area contributed by atoms with E-state index < -0.39 is 5.41 Å². The Bertz CT molecular complexity index is 1010. The number of rotatable bonds is 5. The van der Waals surface area contributed by atoms with Crippen molar-refractivity contribution in [2.75, 3.05) is 26.2 Å². The zero-order chi connectivity index (χ0) is 23.4. The zero-order valence-electron chi connectivity index (χ0n) is 19.3. The summed E-state index contributed by atoms with van der Waals surface area (Å²) in [6.07, 6.45) is 3.70. The zero-order valence-corrected chi connectivity index (χ0v) is 19.3. The Balaban J connectivity index is 1.51.